The average Bonchev–Trinajstić information content (AvgIpc) is 3.07. The molecule has 1 aromatic heterocycles. The highest BCUT2D eigenvalue weighted by Crippen LogP contribution is 2.15. The van der Waals surface area contributed by atoms with Crippen LogP contribution in [0, 0.1) is 6.92 Å². The highest BCUT2D eigenvalue weighted by atomic mass is 16.5. The lowest BCUT2D eigenvalue weighted by atomic mass is 10.0. The monoisotopic (exact) mass is 370 g/mol. The molecule has 2 atom stereocenters. The van der Waals surface area contributed by atoms with Crippen LogP contribution in [-0.2, 0) is 24.3 Å². The number of hydrogen-bond donors (Lipinski definition) is 2. The number of fused-ring (bicyclic) bond motifs is 1. The fourth-order valence-electron chi connectivity index (χ4n) is 3.32. The zero-order chi connectivity index (χ0) is 19.2. The Morgan fingerprint density at radius 3 is 2.85 bits per heavy atom. The first kappa shape index (κ1) is 19.4. The number of aromatic nitrogens is 3. The highest BCUT2D eigenvalue weighted by Gasteiger charge is 2.22. The van der Waals surface area contributed by atoms with Crippen LogP contribution in [0.4, 0.5) is 0 Å². The van der Waals surface area contributed by atoms with Crippen molar-refractivity contribution in [3.63, 3.8) is 0 Å². The smallest absolute Gasteiger partial charge is 0.191 e. The first-order valence-corrected chi connectivity index (χ1v) is 9.54. The van der Waals surface area contributed by atoms with Crippen LogP contribution in [-0.4, -0.2) is 47.5 Å². The van der Waals surface area contributed by atoms with Gasteiger partial charge in [-0.2, -0.15) is 5.10 Å². The van der Waals surface area contributed by atoms with E-state index in [9.17, 15) is 0 Å². The first-order chi connectivity index (χ1) is 13.1. The van der Waals surface area contributed by atoms with E-state index in [1.54, 1.807) is 7.11 Å². The van der Waals surface area contributed by atoms with Crippen LogP contribution >= 0.6 is 0 Å². The Bertz CT molecular complexity index is 767. The van der Waals surface area contributed by atoms with Crippen molar-refractivity contribution < 1.29 is 4.74 Å². The van der Waals surface area contributed by atoms with Crippen molar-refractivity contribution in [3.8, 4) is 0 Å². The van der Waals surface area contributed by atoms with E-state index >= 15 is 0 Å². The summed E-state index contributed by atoms with van der Waals surface area (Å²) in [6.07, 6.45) is 1.92. The minimum absolute atomic E-state index is 0.287. The molecule has 1 aliphatic heterocycles. The fraction of sp³-hybridized carbons (Fsp3) is 0.550. The topological polar surface area (TPSA) is 76.4 Å². The van der Waals surface area contributed by atoms with Crippen molar-refractivity contribution in [1.82, 2.24) is 25.4 Å². The van der Waals surface area contributed by atoms with Gasteiger partial charge in [-0.1, -0.05) is 36.8 Å². The number of nitrogens with zero attached hydrogens (tertiary/aromatic N) is 4. The largest absolute Gasteiger partial charge is 0.377 e. The number of hydrogen-bond acceptors (Lipinski definition) is 4. The standard InChI is InChI=1S/C20H30N6O/c1-14-5-7-16(8-6-14)15(2)11-22-20(21-3)23-17-9-10-19-24-18(13-27-4)25-26(19)12-17/h5-8,15,17H,9-13H2,1-4H3,(H2,21,22,23). The Morgan fingerprint density at radius 1 is 1.37 bits per heavy atom. The predicted octanol–water partition coefficient (Wildman–Crippen LogP) is 2.02. The van der Waals surface area contributed by atoms with Crippen molar-refractivity contribution in [2.75, 3.05) is 20.7 Å². The molecule has 0 amide bonds. The fourth-order valence-corrected chi connectivity index (χ4v) is 3.32. The van der Waals surface area contributed by atoms with E-state index in [-0.39, 0.29) is 6.04 Å². The lowest BCUT2D eigenvalue weighted by molar-refractivity contribution is 0.177. The Hall–Kier alpha value is -2.41. The predicted molar refractivity (Wildman–Crippen MR) is 107 cm³/mol. The molecule has 0 aliphatic carbocycles. The van der Waals surface area contributed by atoms with E-state index in [0.717, 1.165) is 43.5 Å². The summed E-state index contributed by atoms with van der Waals surface area (Å²) in [5.41, 5.74) is 2.62. The molecule has 1 aliphatic rings. The number of rotatable bonds is 6. The third-order valence-electron chi connectivity index (χ3n) is 4.96. The molecule has 0 radical (unpaired) electrons. The molecule has 0 spiro atoms. The van der Waals surface area contributed by atoms with Crippen molar-refractivity contribution in [1.29, 1.82) is 0 Å². The molecule has 146 valence electrons. The van der Waals surface area contributed by atoms with Crippen molar-refractivity contribution >= 4 is 5.96 Å². The van der Waals surface area contributed by atoms with Gasteiger partial charge in [0.05, 0.1) is 6.54 Å². The van der Waals surface area contributed by atoms with Gasteiger partial charge in [-0.3, -0.25) is 4.99 Å². The van der Waals surface area contributed by atoms with E-state index in [2.05, 4.69) is 63.8 Å². The summed E-state index contributed by atoms with van der Waals surface area (Å²) >= 11 is 0. The second-order valence-corrected chi connectivity index (χ2v) is 7.20. The van der Waals surface area contributed by atoms with Crippen LogP contribution in [0.3, 0.4) is 0 Å². The summed E-state index contributed by atoms with van der Waals surface area (Å²) in [4.78, 5) is 8.91. The molecule has 2 aromatic rings. The molecule has 3 rings (SSSR count). The van der Waals surface area contributed by atoms with Crippen molar-refractivity contribution in [3.05, 3.63) is 47.0 Å². The number of methoxy groups -OCH3 is 1. The number of aliphatic imine (C=N–C) groups is 1. The maximum absolute atomic E-state index is 5.13. The SMILES string of the molecule is CN=C(NCC(C)c1ccc(C)cc1)NC1CCc2nc(COC)nn2C1. The van der Waals surface area contributed by atoms with Crippen LogP contribution in [0.15, 0.2) is 29.3 Å². The van der Waals surface area contributed by atoms with Crippen LogP contribution in [0.1, 0.15) is 42.0 Å². The number of ether oxygens (including phenoxy) is 1. The molecule has 2 heterocycles. The zero-order valence-electron chi connectivity index (χ0n) is 16.7. The summed E-state index contributed by atoms with van der Waals surface area (Å²) in [5.74, 6) is 3.03. The molecule has 7 nitrogen and oxygen atoms in total. The maximum Gasteiger partial charge on any atom is 0.191 e. The molecule has 7 heteroatoms. The van der Waals surface area contributed by atoms with Gasteiger partial charge in [-0.15, -0.1) is 0 Å². The zero-order valence-corrected chi connectivity index (χ0v) is 16.7. The molecular weight excluding hydrogens is 340 g/mol. The first-order valence-electron chi connectivity index (χ1n) is 9.54. The summed E-state index contributed by atoms with van der Waals surface area (Å²) < 4.78 is 7.11. The summed E-state index contributed by atoms with van der Waals surface area (Å²) in [6, 6.07) is 9.00. The molecule has 0 fully saturated rings. The third-order valence-corrected chi connectivity index (χ3v) is 4.96. The lowest BCUT2D eigenvalue weighted by Gasteiger charge is -2.26. The summed E-state index contributed by atoms with van der Waals surface area (Å²) in [7, 11) is 3.48. The second-order valence-electron chi connectivity index (χ2n) is 7.20. The van der Waals surface area contributed by atoms with E-state index < -0.39 is 0 Å². The number of nitrogens with one attached hydrogen (secondary N) is 2. The molecule has 0 bridgehead atoms. The van der Waals surface area contributed by atoms with Crippen molar-refractivity contribution in [2.45, 2.75) is 51.8 Å². The third kappa shape index (κ3) is 5.07. The Kier molecular flexibility index (Phi) is 6.45. The molecular formula is C20H30N6O. The Balaban J connectivity index is 1.52. The number of benzene rings is 1. The highest BCUT2D eigenvalue weighted by molar-refractivity contribution is 5.80. The Labute approximate surface area is 161 Å². The Morgan fingerprint density at radius 2 is 2.15 bits per heavy atom. The van der Waals surface area contributed by atoms with Gasteiger partial charge in [-0.05, 0) is 24.8 Å². The molecule has 2 N–H and O–H groups in total. The molecule has 27 heavy (non-hydrogen) atoms. The van der Waals surface area contributed by atoms with E-state index in [4.69, 9.17) is 4.74 Å². The lowest BCUT2D eigenvalue weighted by Crippen LogP contribution is -2.47. The van der Waals surface area contributed by atoms with Gasteiger partial charge in [0, 0.05) is 33.2 Å². The van der Waals surface area contributed by atoms with Gasteiger partial charge in [0.1, 0.15) is 12.4 Å². The van der Waals surface area contributed by atoms with Crippen LogP contribution in [0.25, 0.3) is 0 Å². The summed E-state index contributed by atoms with van der Waals surface area (Å²) in [5, 5.41) is 11.5. The van der Waals surface area contributed by atoms with Crippen LogP contribution in [0.5, 0.6) is 0 Å². The maximum atomic E-state index is 5.13. The number of guanidine groups is 1. The van der Waals surface area contributed by atoms with E-state index in [1.165, 1.54) is 11.1 Å². The van der Waals surface area contributed by atoms with E-state index in [0.29, 0.717) is 12.5 Å². The number of aryl methyl sites for hydroxylation is 2. The van der Waals surface area contributed by atoms with Gasteiger partial charge >= 0.3 is 0 Å². The van der Waals surface area contributed by atoms with Gasteiger partial charge in [-0.25, -0.2) is 9.67 Å². The van der Waals surface area contributed by atoms with Crippen molar-refractivity contribution in [2.24, 2.45) is 4.99 Å². The van der Waals surface area contributed by atoms with Gasteiger partial charge in [0.15, 0.2) is 11.8 Å². The van der Waals surface area contributed by atoms with Crippen LogP contribution < -0.4 is 10.6 Å². The van der Waals surface area contributed by atoms with Gasteiger partial charge < -0.3 is 15.4 Å². The quantitative estimate of drug-likeness (QED) is 0.601. The molecule has 1 aromatic carbocycles. The minimum atomic E-state index is 0.287. The van der Waals surface area contributed by atoms with Gasteiger partial charge in [0.25, 0.3) is 0 Å². The minimum Gasteiger partial charge on any atom is -0.377 e. The molecule has 0 saturated heterocycles. The normalized spacial score (nSPS) is 18.1. The molecule has 0 saturated carbocycles. The van der Waals surface area contributed by atoms with Gasteiger partial charge in [0.2, 0.25) is 0 Å². The second kappa shape index (κ2) is 8.99. The van der Waals surface area contributed by atoms with E-state index in [1.807, 2.05) is 11.7 Å². The molecule has 2 unspecified atom stereocenters. The summed E-state index contributed by atoms with van der Waals surface area (Å²) in [6.45, 7) is 6.42. The van der Waals surface area contributed by atoms with Crippen LogP contribution in [0.2, 0.25) is 0 Å². The average molecular weight is 371 g/mol.